The van der Waals surface area contributed by atoms with Crippen molar-refractivity contribution in [1.29, 1.82) is 0 Å². The van der Waals surface area contributed by atoms with Crippen LogP contribution in [0.4, 0.5) is 0 Å². The molecule has 1 aromatic rings. The molecule has 1 aliphatic carbocycles. The van der Waals surface area contributed by atoms with Gasteiger partial charge in [0, 0.05) is 11.1 Å². The average molecular weight is 266 g/mol. The first-order valence-corrected chi connectivity index (χ1v) is 7.63. The second kappa shape index (κ2) is 7.16. The van der Waals surface area contributed by atoms with E-state index in [1.54, 1.807) is 0 Å². The van der Waals surface area contributed by atoms with E-state index in [0.717, 1.165) is 23.9 Å². The third kappa shape index (κ3) is 4.29. The Morgan fingerprint density at radius 2 is 2.22 bits per heavy atom. The molecule has 0 aromatic heterocycles. The Labute approximate surface area is 116 Å². The summed E-state index contributed by atoms with van der Waals surface area (Å²) in [5.41, 5.74) is 1.36. The minimum Gasteiger partial charge on any atom is -0.314 e. The van der Waals surface area contributed by atoms with E-state index in [-0.39, 0.29) is 0 Å². The molecule has 0 radical (unpaired) electrons. The predicted molar refractivity (Wildman–Crippen MR) is 79.2 cm³/mol. The zero-order valence-electron chi connectivity index (χ0n) is 11.3. The Morgan fingerprint density at radius 1 is 1.39 bits per heavy atom. The van der Waals surface area contributed by atoms with Gasteiger partial charge in [-0.3, -0.25) is 0 Å². The highest BCUT2D eigenvalue weighted by molar-refractivity contribution is 6.30. The van der Waals surface area contributed by atoms with Gasteiger partial charge in [-0.05, 0) is 49.4 Å². The monoisotopic (exact) mass is 265 g/mol. The molecule has 1 aliphatic rings. The molecule has 1 atom stereocenters. The second-order valence-electron chi connectivity index (χ2n) is 5.52. The SMILES string of the molecule is CCCNC(Cc1cccc(Cl)c1)CC1CCC1. The van der Waals surface area contributed by atoms with E-state index >= 15 is 0 Å². The summed E-state index contributed by atoms with van der Waals surface area (Å²) < 4.78 is 0. The van der Waals surface area contributed by atoms with E-state index in [1.165, 1.54) is 37.7 Å². The van der Waals surface area contributed by atoms with Crippen LogP contribution in [0, 0.1) is 5.92 Å². The molecule has 1 N–H and O–H groups in total. The van der Waals surface area contributed by atoms with Crippen molar-refractivity contribution in [1.82, 2.24) is 5.32 Å². The number of halogens is 1. The van der Waals surface area contributed by atoms with Crippen LogP contribution in [0.5, 0.6) is 0 Å². The van der Waals surface area contributed by atoms with Crippen molar-refractivity contribution in [2.75, 3.05) is 6.54 Å². The van der Waals surface area contributed by atoms with Crippen LogP contribution in [0.3, 0.4) is 0 Å². The zero-order valence-corrected chi connectivity index (χ0v) is 12.0. The summed E-state index contributed by atoms with van der Waals surface area (Å²) in [6.07, 6.45) is 7.93. The van der Waals surface area contributed by atoms with Gasteiger partial charge in [-0.1, -0.05) is 49.9 Å². The van der Waals surface area contributed by atoms with Gasteiger partial charge in [0.1, 0.15) is 0 Å². The van der Waals surface area contributed by atoms with Gasteiger partial charge in [-0.25, -0.2) is 0 Å². The molecule has 18 heavy (non-hydrogen) atoms. The van der Waals surface area contributed by atoms with Crippen LogP contribution in [0.15, 0.2) is 24.3 Å². The molecule has 1 unspecified atom stereocenters. The first kappa shape index (κ1) is 13.9. The summed E-state index contributed by atoms with van der Waals surface area (Å²) >= 11 is 6.06. The lowest BCUT2D eigenvalue weighted by molar-refractivity contribution is 0.259. The summed E-state index contributed by atoms with van der Waals surface area (Å²) in [6.45, 7) is 3.35. The smallest absolute Gasteiger partial charge is 0.0408 e. The molecule has 0 heterocycles. The van der Waals surface area contributed by atoms with Crippen LogP contribution in [0.1, 0.15) is 44.6 Å². The molecule has 1 nitrogen and oxygen atoms in total. The number of benzene rings is 1. The van der Waals surface area contributed by atoms with Gasteiger partial charge in [-0.2, -0.15) is 0 Å². The molecule has 0 bridgehead atoms. The van der Waals surface area contributed by atoms with E-state index in [2.05, 4.69) is 30.4 Å². The van der Waals surface area contributed by atoms with Gasteiger partial charge in [0.05, 0.1) is 0 Å². The van der Waals surface area contributed by atoms with E-state index in [4.69, 9.17) is 11.6 Å². The lowest BCUT2D eigenvalue weighted by atomic mass is 9.80. The van der Waals surface area contributed by atoms with Crippen molar-refractivity contribution in [3.63, 3.8) is 0 Å². The Balaban J connectivity index is 1.90. The van der Waals surface area contributed by atoms with Crippen molar-refractivity contribution in [3.05, 3.63) is 34.9 Å². The lowest BCUT2D eigenvalue weighted by Gasteiger charge is -2.30. The van der Waals surface area contributed by atoms with Crippen LogP contribution in [-0.2, 0) is 6.42 Å². The number of nitrogens with one attached hydrogen (secondary N) is 1. The Bertz CT molecular complexity index is 360. The van der Waals surface area contributed by atoms with Crippen molar-refractivity contribution < 1.29 is 0 Å². The van der Waals surface area contributed by atoms with Crippen LogP contribution in [-0.4, -0.2) is 12.6 Å². The van der Waals surface area contributed by atoms with Crippen LogP contribution in [0.25, 0.3) is 0 Å². The van der Waals surface area contributed by atoms with E-state index in [9.17, 15) is 0 Å². The van der Waals surface area contributed by atoms with Gasteiger partial charge >= 0.3 is 0 Å². The van der Waals surface area contributed by atoms with Crippen molar-refractivity contribution in [3.8, 4) is 0 Å². The molecule has 2 heteroatoms. The van der Waals surface area contributed by atoms with Crippen LogP contribution < -0.4 is 5.32 Å². The summed E-state index contributed by atoms with van der Waals surface area (Å²) in [5.74, 6) is 0.957. The summed E-state index contributed by atoms with van der Waals surface area (Å²) in [5, 5.41) is 4.55. The third-order valence-corrected chi connectivity index (χ3v) is 4.13. The molecule has 0 spiro atoms. The van der Waals surface area contributed by atoms with E-state index in [1.807, 2.05) is 6.07 Å². The van der Waals surface area contributed by atoms with Gasteiger partial charge in [0.15, 0.2) is 0 Å². The lowest BCUT2D eigenvalue weighted by Crippen LogP contribution is -2.35. The van der Waals surface area contributed by atoms with E-state index < -0.39 is 0 Å². The maximum atomic E-state index is 6.06. The molecule has 2 rings (SSSR count). The highest BCUT2D eigenvalue weighted by atomic mass is 35.5. The van der Waals surface area contributed by atoms with Crippen LogP contribution >= 0.6 is 11.6 Å². The molecular weight excluding hydrogens is 242 g/mol. The van der Waals surface area contributed by atoms with Crippen molar-refractivity contribution in [2.45, 2.75) is 51.5 Å². The highest BCUT2D eigenvalue weighted by Gasteiger charge is 2.21. The fourth-order valence-electron chi connectivity index (χ4n) is 2.67. The minimum atomic E-state index is 0.619. The molecule has 0 amide bonds. The normalized spacial score (nSPS) is 17.4. The van der Waals surface area contributed by atoms with Crippen molar-refractivity contribution in [2.24, 2.45) is 5.92 Å². The molecule has 1 fully saturated rings. The van der Waals surface area contributed by atoms with Crippen molar-refractivity contribution >= 4 is 11.6 Å². The first-order chi connectivity index (χ1) is 8.78. The quantitative estimate of drug-likeness (QED) is 0.769. The Morgan fingerprint density at radius 3 is 2.83 bits per heavy atom. The fourth-order valence-corrected chi connectivity index (χ4v) is 2.88. The number of hydrogen-bond acceptors (Lipinski definition) is 1. The van der Waals surface area contributed by atoms with Gasteiger partial charge in [0.25, 0.3) is 0 Å². The van der Waals surface area contributed by atoms with E-state index in [0.29, 0.717) is 6.04 Å². The molecule has 100 valence electrons. The third-order valence-electron chi connectivity index (χ3n) is 3.90. The number of hydrogen-bond donors (Lipinski definition) is 1. The molecular formula is C16H24ClN. The van der Waals surface area contributed by atoms with Gasteiger partial charge < -0.3 is 5.32 Å². The maximum Gasteiger partial charge on any atom is 0.0408 e. The molecule has 0 aliphatic heterocycles. The zero-order chi connectivity index (χ0) is 12.8. The number of rotatable bonds is 7. The second-order valence-corrected chi connectivity index (χ2v) is 5.95. The molecule has 0 saturated heterocycles. The first-order valence-electron chi connectivity index (χ1n) is 7.25. The summed E-state index contributed by atoms with van der Waals surface area (Å²) in [7, 11) is 0. The predicted octanol–water partition coefficient (Wildman–Crippen LogP) is 4.44. The van der Waals surface area contributed by atoms with Crippen LogP contribution in [0.2, 0.25) is 5.02 Å². The Kier molecular flexibility index (Phi) is 5.52. The fraction of sp³-hybridized carbons (Fsp3) is 0.625. The van der Waals surface area contributed by atoms with Gasteiger partial charge in [-0.15, -0.1) is 0 Å². The minimum absolute atomic E-state index is 0.619. The standard InChI is InChI=1S/C16H24ClN/c1-2-9-18-16(11-13-5-3-6-13)12-14-7-4-8-15(17)10-14/h4,7-8,10,13,16,18H,2-3,5-6,9,11-12H2,1H3. The van der Waals surface area contributed by atoms with Gasteiger partial charge in [0.2, 0.25) is 0 Å². The highest BCUT2D eigenvalue weighted by Crippen LogP contribution is 2.31. The average Bonchev–Trinajstić information content (AvgIpc) is 2.30. The summed E-state index contributed by atoms with van der Waals surface area (Å²) in [4.78, 5) is 0. The Hall–Kier alpha value is -0.530. The molecule has 1 aromatic carbocycles. The summed E-state index contributed by atoms with van der Waals surface area (Å²) in [6, 6.07) is 8.91. The molecule has 1 saturated carbocycles. The topological polar surface area (TPSA) is 12.0 Å². The maximum absolute atomic E-state index is 6.06. The largest absolute Gasteiger partial charge is 0.314 e.